The summed E-state index contributed by atoms with van der Waals surface area (Å²) in [4.78, 5) is 3.10. The first-order chi connectivity index (χ1) is 13.4. The fraction of sp³-hybridized carbons (Fsp3) is 0. The van der Waals surface area contributed by atoms with Gasteiger partial charge in [-0.15, -0.1) is 10.2 Å². The van der Waals surface area contributed by atoms with Crippen molar-refractivity contribution in [2.75, 3.05) is 0 Å². The summed E-state index contributed by atoms with van der Waals surface area (Å²) < 4.78 is 0. The van der Waals surface area contributed by atoms with Crippen molar-refractivity contribution in [3.8, 4) is 33.6 Å². The van der Waals surface area contributed by atoms with Gasteiger partial charge in [0.15, 0.2) is 5.82 Å². The van der Waals surface area contributed by atoms with Crippen molar-refractivity contribution in [2.45, 2.75) is 0 Å². The third kappa shape index (κ3) is 2.79. The minimum Gasteiger partial charge on any atom is -0.328 e. The Morgan fingerprint density at radius 2 is 1.41 bits per heavy atom. The van der Waals surface area contributed by atoms with Crippen LogP contribution in [-0.4, -0.2) is 15.2 Å². The third-order valence-electron chi connectivity index (χ3n) is 4.87. The highest BCUT2D eigenvalue weighted by Crippen LogP contribution is 2.38. The molecule has 3 heteroatoms. The Bertz CT molecular complexity index is 1200. The molecule has 1 aromatic heterocycles. The summed E-state index contributed by atoms with van der Waals surface area (Å²) in [5, 5.41) is 10.6. The van der Waals surface area contributed by atoms with E-state index < -0.39 is 0 Å². The van der Waals surface area contributed by atoms with E-state index in [9.17, 15) is 0 Å². The summed E-state index contributed by atoms with van der Waals surface area (Å²) >= 11 is 0. The lowest BCUT2D eigenvalue weighted by atomic mass is 9.90. The van der Waals surface area contributed by atoms with E-state index in [1.54, 1.807) is 6.33 Å². The first-order valence-electron chi connectivity index (χ1n) is 8.94. The highest BCUT2D eigenvalue weighted by Gasteiger charge is 2.13. The zero-order valence-corrected chi connectivity index (χ0v) is 14.6. The molecule has 0 saturated heterocycles. The van der Waals surface area contributed by atoms with E-state index in [0.717, 1.165) is 11.4 Å². The lowest BCUT2D eigenvalue weighted by Gasteiger charge is -2.14. The normalized spacial score (nSPS) is 11.0. The van der Waals surface area contributed by atoms with E-state index >= 15 is 0 Å². The summed E-state index contributed by atoms with van der Waals surface area (Å²) in [5.74, 6) is 0.775. The van der Waals surface area contributed by atoms with Crippen LogP contribution in [0.5, 0.6) is 0 Å². The van der Waals surface area contributed by atoms with Gasteiger partial charge in [-0.2, -0.15) is 0 Å². The molecule has 1 N–H and O–H groups in total. The van der Waals surface area contributed by atoms with E-state index in [0.29, 0.717) is 0 Å². The lowest BCUT2D eigenvalue weighted by molar-refractivity contribution is 1.10. The number of hydrogen-bond donors (Lipinski definition) is 1. The molecule has 0 saturated carbocycles. The fourth-order valence-electron chi connectivity index (χ4n) is 3.59. The molecule has 0 aliphatic rings. The molecule has 0 aliphatic heterocycles. The van der Waals surface area contributed by atoms with Crippen LogP contribution in [0.15, 0.2) is 97.3 Å². The van der Waals surface area contributed by atoms with Crippen LogP contribution >= 0.6 is 0 Å². The van der Waals surface area contributed by atoms with Gasteiger partial charge >= 0.3 is 0 Å². The molecule has 0 aliphatic carbocycles. The molecule has 3 nitrogen and oxygen atoms in total. The van der Waals surface area contributed by atoms with Crippen LogP contribution in [-0.2, 0) is 0 Å². The molecule has 4 aromatic carbocycles. The highest BCUT2D eigenvalue weighted by molar-refractivity contribution is 6.01. The molecular formula is C24H17N3. The maximum Gasteiger partial charge on any atom is 0.161 e. The molecule has 27 heavy (non-hydrogen) atoms. The second-order valence-corrected chi connectivity index (χ2v) is 6.49. The van der Waals surface area contributed by atoms with Gasteiger partial charge in [0.1, 0.15) is 6.33 Å². The topological polar surface area (TPSA) is 41.6 Å². The second-order valence-electron chi connectivity index (χ2n) is 6.49. The van der Waals surface area contributed by atoms with Gasteiger partial charge in [0.05, 0.1) is 0 Å². The van der Waals surface area contributed by atoms with Gasteiger partial charge in [-0.1, -0.05) is 84.9 Å². The number of aromatic amines is 1. The van der Waals surface area contributed by atoms with Gasteiger partial charge in [-0.3, -0.25) is 0 Å². The number of benzene rings is 4. The average molecular weight is 347 g/mol. The Labute approximate surface area is 157 Å². The van der Waals surface area contributed by atoms with Gasteiger partial charge in [0, 0.05) is 5.56 Å². The summed E-state index contributed by atoms with van der Waals surface area (Å²) in [7, 11) is 0. The van der Waals surface area contributed by atoms with Crippen LogP contribution in [0.2, 0.25) is 0 Å². The van der Waals surface area contributed by atoms with Crippen molar-refractivity contribution in [1.82, 2.24) is 15.2 Å². The van der Waals surface area contributed by atoms with Crippen molar-refractivity contribution in [2.24, 2.45) is 0 Å². The monoisotopic (exact) mass is 347 g/mol. The SMILES string of the molecule is c1ccc(-c2cc(-c3nnc[nH]3)ccc2-c2cccc3ccccc23)cc1. The Morgan fingerprint density at radius 1 is 0.593 bits per heavy atom. The van der Waals surface area contributed by atoms with Crippen LogP contribution in [0.1, 0.15) is 0 Å². The Kier molecular flexibility index (Phi) is 3.76. The van der Waals surface area contributed by atoms with Crippen molar-refractivity contribution in [3.63, 3.8) is 0 Å². The smallest absolute Gasteiger partial charge is 0.161 e. The number of hydrogen-bond acceptors (Lipinski definition) is 2. The van der Waals surface area contributed by atoms with Gasteiger partial charge in [0.25, 0.3) is 0 Å². The molecule has 0 spiro atoms. The minimum absolute atomic E-state index is 0.775. The summed E-state index contributed by atoms with van der Waals surface area (Å²) in [6.45, 7) is 0. The molecule has 5 aromatic rings. The van der Waals surface area contributed by atoms with Gasteiger partial charge in [-0.25, -0.2) is 0 Å². The van der Waals surface area contributed by atoms with Crippen molar-refractivity contribution in [3.05, 3.63) is 97.3 Å². The molecular weight excluding hydrogens is 330 g/mol. The van der Waals surface area contributed by atoms with Crippen LogP contribution < -0.4 is 0 Å². The number of aromatic nitrogens is 3. The number of fused-ring (bicyclic) bond motifs is 1. The van der Waals surface area contributed by atoms with E-state index in [2.05, 4.69) is 100 Å². The zero-order valence-electron chi connectivity index (χ0n) is 14.6. The highest BCUT2D eigenvalue weighted by atomic mass is 15.2. The number of H-pyrrole nitrogens is 1. The Hall–Kier alpha value is -3.72. The Balaban J connectivity index is 1.79. The van der Waals surface area contributed by atoms with Gasteiger partial charge in [0.2, 0.25) is 0 Å². The predicted octanol–water partition coefficient (Wildman–Crippen LogP) is 5.96. The van der Waals surface area contributed by atoms with Crippen molar-refractivity contribution < 1.29 is 0 Å². The number of rotatable bonds is 3. The standard InChI is InChI=1S/C24H17N3/c1-2-7-18(8-3-1)23-15-19(24-25-16-26-27-24)13-14-22(23)21-12-6-10-17-9-4-5-11-20(17)21/h1-16H,(H,25,26,27). The zero-order chi connectivity index (χ0) is 18.1. The lowest BCUT2D eigenvalue weighted by Crippen LogP contribution is -1.90. The quantitative estimate of drug-likeness (QED) is 0.437. The first kappa shape index (κ1) is 15.5. The fourth-order valence-corrected chi connectivity index (χ4v) is 3.59. The molecule has 0 unspecified atom stereocenters. The van der Waals surface area contributed by atoms with Crippen LogP contribution in [0.4, 0.5) is 0 Å². The molecule has 0 bridgehead atoms. The molecule has 0 amide bonds. The molecule has 1 heterocycles. The summed E-state index contributed by atoms with van der Waals surface area (Å²) in [6, 6.07) is 31.9. The average Bonchev–Trinajstić information content (AvgIpc) is 3.29. The molecule has 128 valence electrons. The summed E-state index contributed by atoms with van der Waals surface area (Å²) in [6.07, 6.45) is 1.61. The first-order valence-corrected chi connectivity index (χ1v) is 8.94. The van der Waals surface area contributed by atoms with E-state index in [1.807, 2.05) is 6.07 Å². The predicted molar refractivity (Wildman–Crippen MR) is 110 cm³/mol. The number of nitrogens with one attached hydrogen (secondary N) is 1. The van der Waals surface area contributed by atoms with Crippen molar-refractivity contribution >= 4 is 10.8 Å². The maximum atomic E-state index is 4.17. The molecule has 0 fully saturated rings. The van der Waals surface area contributed by atoms with E-state index in [4.69, 9.17) is 0 Å². The largest absolute Gasteiger partial charge is 0.328 e. The molecule has 5 rings (SSSR count). The Morgan fingerprint density at radius 3 is 2.26 bits per heavy atom. The molecule has 0 radical (unpaired) electrons. The number of nitrogens with zero attached hydrogens (tertiary/aromatic N) is 2. The minimum atomic E-state index is 0.775. The van der Waals surface area contributed by atoms with E-state index in [1.165, 1.54) is 33.0 Å². The third-order valence-corrected chi connectivity index (χ3v) is 4.87. The van der Waals surface area contributed by atoms with Crippen LogP contribution in [0, 0.1) is 0 Å². The van der Waals surface area contributed by atoms with Crippen LogP contribution in [0.25, 0.3) is 44.4 Å². The maximum absolute atomic E-state index is 4.17. The van der Waals surface area contributed by atoms with Crippen molar-refractivity contribution in [1.29, 1.82) is 0 Å². The van der Waals surface area contributed by atoms with Crippen LogP contribution in [0.3, 0.4) is 0 Å². The van der Waals surface area contributed by atoms with Gasteiger partial charge in [-0.05, 0) is 39.1 Å². The summed E-state index contributed by atoms with van der Waals surface area (Å²) in [5.41, 5.74) is 5.83. The van der Waals surface area contributed by atoms with E-state index in [-0.39, 0.29) is 0 Å². The molecule has 0 atom stereocenters. The van der Waals surface area contributed by atoms with Gasteiger partial charge < -0.3 is 4.98 Å². The second kappa shape index (κ2) is 6.54.